The first-order chi connectivity index (χ1) is 12.3. The van der Waals surface area contributed by atoms with Gasteiger partial charge in [-0.15, -0.1) is 5.10 Å². The van der Waals surface area contributed by atoms with Crippen molar-refractivity contribution in [3.8, 4) is 23.1 Å². The van der Waals surface area contributed by atoms with E-state index in [1.165, 1.54) is 10.9 Å². The number of ether oxygens (including phenoxy) is 1. The second kappa shape index (κ2) is 6.52. The number of hydrogen-bond donors (Lipinski definition) is 0. The molecule has 0 bridgehead atoms. The van der Waals surface area contributed by atoms with Gasteiger partial charge in [-0.2, -0.15) is 4.68 Å². The molecule has 6 nitrogen and oxygen atoms in total. The van der Waals surface area contributed by atoms with Crippen molar-refractivity contribution in [1.82, 2.24) is 9.78 Å². The standard InChI is InChI=1S/C19H14N2O4/c22-19-21(20-18(25-19)17-11-6-12-23-17)13-14-7-4-5-10-16(14)24-15-8-2-1-3-9-15/h1-12H,13H2. The minimum absolute atomic E-state index is 0.149. The molecule has 2 aromatic heterocycles. The summed E-state index contributed by atoms with van der Waals surface area (Å²) in [6, 6.07) is 20.3. The third-order valence-corrected chi connectivity index (χ3v) is 3.60. The number of nitrogens with zero attached hydrogens (tertiary/aromatic N) is 2. The molecule has 0 atom stereocenters. The molecule has 0 spiro atoms. The number of aromatic nitrogens is 2. The van der Waals surface area contributed by atoms with Crippen molar-refractivity contribution in [3.63, 3.8) is 0 Å². The van der Waals surface area contributed by atoms with Crippen LogP contribution in [0.3, 0.4) is 0 Å². The van der Waals surface area contributed by atoms with Gasteiger partial charge in [0.05, 0.1) is 12.8 Å². The summed E-state index contributed by atoms with van der Waals surface area (Å²) in [5, 5.41) is 4.18. The summed E-state index contributed by atoms with van der Waals surface area (Å²) in [6.45, 7) is 0.228. The van der Waals surface area contributed by atoms with E-state index < -0.39 is 5.76 Å². The van der Waals surface area contributed by atoms with Gasteiger partial charge in [-0.3, -0.25) is 0 Å². The maximum atomic E-state index is 12.1. The minimum atomic E-state index is -0.555. The Labute approximate surface area is 142 Å². The van der Waals surface area contributed by atoms with Gasteiger partial charge in [0, 0.05) is 5.56 Å². The van der Waals surface area contributed by atoms with Crippen LogP contribution in [-0.4, -0.2) is 9.78 Å². The van der Waals surface area contributed by atoms with Gasteiger partial charge in [0.2, 0.25) is 0 Å². The second-order valence-electron chi connectivity index (χ2n) is 5.33. The summed E-state index contributed by atoms with van der Waals surface area (Å²) in [4.78, 5) is 12.1. The summed E-state index contributed by atoms with van der Waals surface area (Å²) in [7, 11) is 0. The average Bonchev–Trinajstić information content (AvgIpc) is 3.28. The van der Waals surface area contributed by atoms with Crippen LogP contribution in [0.25, 0.3) is 11.7 Å². The van der Waals surface area contributed by atoms with Gasteiger partial charge in [-0.1, -0.05) is 36.4 Å². The van der Waals surface area contributed by atoms with Crippen molar-refractivity contribution in [3.05, 3.63) is 89.1 Å². The van der Waals surface area contributed by atoms with Gasteiger partial charge in [-0.05, 0) is 30.3 Å². The molecule has 25 heavy (non-hydrogen) atoms. The maximum absolute atomic E-state index is 12.1. The summed E-state index contributed by atoms with van der Waals surface area (Å²) in [6.07, 6.45) is 1.50. The smallest absolute Gasteiger partial charge is 0.437 e. The van der Waals surface area contributed by atoms with Crippen LogP contribution in [0.5, 0.6) is 11.5 Å². The molecule has 0 fully saturated rings. The zero-order chi connectivity index (χ0) is 17.1. The van der Waals surface area contributed by atoms with Crippen LogP contribution in [-0.2, 0) is 6.54 Å². The maximum Gasteiger partial charge on any atom is 0.437 e. The van der Waals surface area contributed by atoms with Gasteiger partial charge >= 0.3 is 5.76 Å². The zero-order valence-electron chi connectivity index (χ0n) is 13.2. The van der Waals surface area contributed by atoms with Gasteiger partial charge in [0.15, 0.2) is 5.76 Å². The second-order valence-corrected chi connectivity index (χ2v) is 5.33. The van der Waals surface area contributed by atoms with E-state index >= 15 is 0 Å². The summed E-state index contributed by atoms with van der Waals surface area (Å²) < 4.78 is 17.5. The first kappa shape index (κ1) is 15.0. The number of benzene rings is 2. The molecule has 2 heterocycles. The topological polar surface area (TPSA) is 70.4 Å². The molecule has 0 unspecified atom stereocenters. The van der Waals surface area contributed by atoms with E-state index in [4.69, 9.17) is 13.6 Å². The highest BCUT2D eigenvalue weighted by atomic mass is 16.5. The fourth-order valence-electron chi connectivity index (χ4n) is 2.42. The molecule has 0 aliphatic rings. The van der Waals surface area contributed by atoms with E-state index in [0.29, 0.717) is 11.5 Å². The molecule has 124 valence electrons. The lowest BCUT2D eigenvalue weighted by atomic mass is 10.2. The summed E-state index contributed by atoms with van der Waals surface area (Å²) in [5.41, 5.74) is 0.813. The molecule has 2 aromatic carbocycles. The Morgan fingerprint density at radius 3 is 2.56 bits per heavy atom. The quantitative estimate of drug-likeness (QED) is 0.553. The van der Waals surface area contributed by atoms with E-state index in [1.807, 2.05) is 54.6 Å². The Balaban J connectivity index is 1.62. The average molecular weight is 334 g/mol. The minimum Gasteiger partial charge on any atom is -0.459 e. The monoisotopic (exact) mass is 334 g/mol. The number of hydrogen-bond acceptors (Lipinski definition) is 5. The summed E-state index contributed by atoms with van der Waals surface area (Å²) >= 11 is 0. The molecule has 4 rings (SSSR count). The number of furan rings is 1. The van der Waals surface area contributed by atoms with Gasteiger partial charge in [0.1, 0.15) is 11.5 Å². The van der Waals surface area contributed by atoms with Crippen molar-refractivity contribution >= 4 is 0 Å². The van der Waals surface area contributed by atoms with Crippen LogP contribution in [0.4, 0.5) is 0 Å². The molecule has 0 radical (unpaired) electrons. The zero-order valence-corrected chi connectivity index (χ0v) is 13.2. The first-order valence-corrected chi connectivity index (χ1v) is 7.72. The molecule has 6 heteroatoms. The lowest BCUT2D eigenvalue weighted by molar-refractivity contribution is 0.461. The van der Waals surface area contributed by atoms with E-state index in [0.717, 1.165) is 11.3 Å². The van der Waals surface area contributed by atoms with Crippen molar-refractivity contribution in [2.24, 2.45) is 0 Å². The van der Waals surface area contributed by atoms with Crippen molar-refractivity contribution in [1.29, 1.82) is 0 Å². The highest BCUT2D eigenvalue weighted by molar-refractivity contribution is 5.42. The molecule has 0 N–H and O–H groups in total. The fraction of sp³-hybridized carbons (Fsp3) is 0.0526. The van der Waals surface area contributed by atoms with Crippen LogP contribution in [0, 0.1) is 0 Å². The van der Waals surface area contributed by atoms with Crippen LogP contribution in [0.1, 0.15) is 5.56 Å². The van der Waals surface area contributed by atoms with E-state index in [-0.39, 0.29) is 12.4 Å². The fourth-order valence-corrected chi connectivity index (χ4v) is 2.42. The predicted octanol–water partition coefficient (Wildman–Crippen LogP) is 3.94. The van der Waals surface area contributed by atoms with Crippen LogP contribution in [0.2, 0.25) is 0 Å². The van der Waals surface area contributed by atoms with Gasteiger partial charge < -0.3 is 13.6 Å². The SMILES string of the molecule is O=c1oc(-c2ccco2)nn1Cc1ccccc1Oc1ccccc1. The van der Waals surface area contributed by atoms with Crippen LogP contribution in [0.15, 0.2) is 86.6 Å². The third kappa shape index (κ3) is 3.23. The van der Waals surface area contributed by atoms with E-state index in [1.54, 1.807) is 12.1 Å². The Morgan fingerprint density at radius 1 is 0.960 bits per heavy atom. The molecule has 0 aliphatic carbocycles. The number of rotatable bonds is 5. The summed E-state index contributed by atoms with van der Waals surface area (Å²) in [5.74, 6) is 1.38. The van der Waals surface area contributed by atoms with Crippen molar-refractivity contribution in [2.75, 3.05) is 0 Å². The Kier molecular flexibility index (Phi) is 3.92. The lowest BCUT2D eigenvalue weighted by Crippen LogP contribution is -2.16. The molecule has 0 aliphatic heterocycles. The first-order valence-electron chi connectivity index (χ1n) is 7.72. The Hall–Kier alpha value is -3.54. The molecular weight excluding hydrogens is 320 g/mol. The molecule has 4 aromatic rings. The van der Waals surface area contributed by atoms with Crippen LogP contribution < -0.4 is 10.5 Å². The van der Waals surface area contributed by atoms with Gasteiger partial charge in [0.25, 0.3) is 5.89 Å². The Morgan fingerprint density at radius 2 is 1.76 bits per heavy atom. The third-order valence-electron chi connectivity index (χ3n) is 3.60. The highest BCUT2D eigenvalue weighted by Crippen LogP contribution is 2.25. The van der Waals surface area contributed by atoms with Crippen LogP contribution >= 0.6 is 0 Å². The van der Waals surface area contributed by atoms with Gasteiger partial charge in [-0.25, -0.2) is 4.79 Å². The molecule has 0 saturated carbocycles. The lowest BCUT2D eigenvalue weighted by Gasteiger charge is -2.10. The van der Waals surface area contributed by atoms with E-state index in [9.17, 15) is 4.79 Å². The normalized spacial score (nSPS) is 10.7. The van der Waals surface area contributed by atoms with Crippen molar-refractivity contribution in [2.45, 2.75) is 6.54 Å². The highest BCUT2D eigenvalue weighted by Gasteiger charge is 2.14. The van der Waals surface area contributed by atoms with E-state index in [2.05, 4.69) is 5.10 Å². The molecule has 0 saturated heterocycles. The van der Waals surface area contributed by atoms with Crippen molar-refractivity contribution < 1.29 is 13.6 Å². The number of para-hydroxylation sites is 2. The largest absolute Gasteiger partial charge is 0.459 e. The molecule has 0 amide bonds. The Bertz CT molecular complexity index is 1020. The molecular formula is C19H14N2O4. The predicted molar refractivity (Wildman–Crippen MR) is 90.5 cm³/mol.